The largest absolute Gasteiger partial charge is 0.355 e. The lowest BCUT2D eigenvalue weighted by atomic mass is 10.0. The van der Waals surface area contributed by atoms with Gasteiger partial charge in [-0.2, -0.15) is 0 Å². The van der Waals surface area contributed by atoms with Crippen molar-refractivity contribution in [2.45, 2.75) is 50.7 Å². The van der Waals surface area contributed by atoms with E-state index in [1.54, 1.807) is 0 Å². The van der Waals surface area contributed by atoms with Gasteiger partial charge in [-0.15, -0.1) is 0 Å². The molecule has 1 aliphatic rings. The fourth-order valence-corrected chi connectivity index (χ4v) is 5.97. The molecular weight excluding hydrogens is 571 g/mol. The van der Waals surface area contributed by atoms with E-state index in [-0.39, 0.29) is 5.91 Å². The van der Waals surface area contributed by atoms with Crippen LogP contribution in [0.4, 0.5) is 5.82 Å². The third-order valence-electron chi connectivity index (χ3n) is 7.17. The Bertz CT molecular complexity index is 1430. The Morgan fingerprint density at radius 1 is 0.805 bits per heavy atom. The van der Waals surface area contributed by atoms with Crippen molar-refractivity contribution in [1.29, 1.82) is 0 Å². The molecule has 5 rings (SSSR count). The van der Waals surface area contributed by atoms with Crippen molar-refractivity contribution < 1.29 is 4.79 Å². The highest BCUT2D eigenvalue weighted by molar-refractivity contribution is 7.97. The maximum Gasteiger partial charge on any atom is 0.229 e. The maximum atomic E-state index is 12.2. The van der Waals surface area contributed by atoms with Crippen molar-refractivity contribution in [3.63, 3.8) is 0 Å². The first-order valence-electron chi connectivity index (χ1n) is 14.2. The number of hydrogen-bond donors (Lipinski definition) is 1. The second-order valence-electron chi connectivity index (χ2n) is 10.3. The van der Waals surface area contributed by atoms with E-state index in [2.05, 4.69) is 21.8 Å². The zero-order valence-electron chi connectivity index (χ0n) is 23.0. The molecule has 1 aliphatic heterocycles. The lowest BCUT2D eigenvalue weighted by Crippen LogP contribution is -2.32. The Hall–Kier alpha value is -3.06. The maximum absolute atomic E-state index is 12.2. The Balaban J connectivity index is 1.17. The number of unbranched alkanes of at least 4 members (excludes halogenated alkanes) is 3. The number of carbonyl (C=O) groups excluding carboxylic acids is 1. The predicted molar refractivity (Wildman–Crippen MR) is 172 cm³/mol. The first kappa shape index (κ1) is 29.4. The van der Waals surface area contributed by atoms with Gasteiger partial charge in [-0.05, 0) is 67.5 Å². The van der Waals surface area contributed by atoms with E-state index in [9.17, 15) is 4.79 Å². The van der Waals surface area contributed by atoms with Crippen molar-refractivity contribution in [1.82, 2.24) is 14.7 Å². The number of aryl methyl sites for hydroxylation is 1. The number of hydrogen-bond acceptors (Lipinski definition) is 5. The van der Waals surface area contributed by atoms with Gasteiger partial charge in [-0.1, -0.05) is 90.6 Å². The fraction of sp³-hybridized carbons (Fsp3) is 0.303. The average Bonchev–Trinajstić information content (AvgIpc) is 3.00. The normalized spacial score (nSPS) is 12.7. The molecule has 0 fully saturated rings. The van der Waals surface area contributed by atoms with Crippen LogP contribution in [-0.2, 0) is 17.0 Å². The summed E-state index contributed by atoms with van der Waals surface area (Å²) in [7, 11) is 0. The number of nitrogens with zero attached hydrogens (tertiary/aromatic N) is 3. The van der Waals surface area contributed by atoms with Gasteiger partial charge in [0.2, 0.25) is 5.91 Å². The van der Waals surface area contributed by atoms with Crippen LogP contribution in [-0.4, -0.2) is 29.0 Å². The molecule has 2 heterocycles. The summed E-state index contributed by atoms with van der Waals surface area (Å²) in [5.74, 6) is 1.87. The van der Waals surface area contributed by atoms with Gasteiger partial charge in [-0.25, -0.2) is 9.97 Å². The Labute approximate surface area is 256 Å². The summed E-state index contributed by atoms with van der Waals surface area (Å²) in [5, 5.41) is 1.39. The summed E-state index contributed by atoms with van der Waals surface area (Å²) in [5.41, 5.74) is 5.96. The van der Waals surface area contributed by atoms with Gasteiger partial charge in [0.05, 0.1) is 17.1 Å². The molecule has 0 saturated carbocycles. The molecule has 0 aliphatic carbocycles. The first-order valence-corrected chi connectivity index (χ1v) is 15.9. The molecule has 3 aromatic carbocycles. The van der Waals surface area contributed by atoms with E-state index in [0.717, 1.165) is 91.4 Å². The van der Waals surface area contributed by atoms with E-state index in [4.69, 9.17) is 33.2 Å². The van der Waals surface area contributed by atoms with Crippen LogP contribution >= 0.6 is 35.1 Å². The molecule has 0 saturated heterocycles. The summed E-state index contributed by atoms with van der Waals surface area (Å²) in [6, 6.07) is 25.8. The van der Waals surface area contributed by atoms with Gasteiger partial charge in [0.25, 0.3) is 0 Å². The molecule has 1 amide bonds. The van der Waals surface area contributed by atoms with Crippen molar-refractivity contribution in [3.05, 3.63) is 100 Å². The van der Waals surface area contributed by atoms with Crippen molar-refractivity contribution in [3.8, 4) is 22.5 Å². The monoisotopic (exact) mass is 604 g/mol. The smallest absolute Gasteiger partial charge is 0.229 e. The van der Waals surface area contributed by atoms with Crippen LogP contribution < -0.4 is 9.62 Å². The van der Waals surface area contributed by atoms with E-state index in [1.807, 2.05) is 66.7 Å². The molecule has 4 aromatic rings. The lowest BCUT2D eigenvalue weighted by Gasteiger charge is -2.30. The van der Waals surface area contributed by atoms with Crippen LogP contribution in [0.15, 0.2) is 78.9 Å². The number of fused-ring (bicyclic) bond motifs is 1. The molecule has 0 unspecified atom stereocenters. The quantitative estimate of drug-likeness (QED) is 0.129. The highest BCUT2D eigenvalue weighted by Gasteiger charge is 2.23. The molecule has 5 nitrogen and oxygen atoms in total. The lowest BCUT2D eigenvalue weighted by molar-refractivity contribution is -0.119. The van der Waals surface area contributed by atoms with Gasteiger partial charge in [0.1, 0.15) is 0 Å². The summed E-state index contributed by atoms with van der Waals surface area (Å²) in [6.45, 7) is 1.91. The highest BCUT2D eigenvalue weighted by Crippen LogP contribution is 2.35. The molecule has 0 radical (unpaired) electrons. The standard InChI is InChI=1S/C33H34Cl2N4OS/c34-27-17-13-25(14-18-27)31-32(26-15-19-28(35)20-16-26)37-33-29(36-31)11-8-22-39(33)21-7-2-1-6-12-30(40)38-41-23-24-9-4-3-5-10-24/h3-5,9-10,13-20H,1-2,6-8,11-12,21-23H2,(H,38,40). The topological polar surface area (TPSA) is 58.1 Å². The van der Waals surface area contributed by atoms with E-state index in [1.165, 1.54) is 17.5 Å². The molecule has 212 valence electrons. The van der Waals surface area contributed by atoms with Crippen LogP contribution in [0.3, 0.4) is 0 Å². The molecule has 1 aromatic heterocycles. The van der Waals surface area contributed by atoms with Crippen molar-refractivity contribution in [2.24, 2.45) is 0 Å². The minimum absolute atomic E-state index is 0.109. The van der Waals surface area contributed by atoms with E-state index in [0.29, 0.717) is 16.5 Å². The number of rotatable bonds is 12. The van der Waals surface area contributed by atoms with Gasteiger partial charge in [-0.3, -0.25) is 9.52 Å². The van der Waals surface area contributed by atoms with E-state index < -0.39 is 0 Å². The second-order valence-corrected chi connectivity index (χ2v) is 11.9. The fourth-order valence-electron chi connectivity index (χ4n) is 5.03. The van der Waals surface area contributed by atoms with Crippen LogP contribution in [0.2, 0.25) is 10.0 Å². The number of halogens is 2. The number of amides is 1. The van der Waals surface area contributed by atoms with Gasteiger partial charge in [0, 0.05) is 46.4 Å². The summed E-state index contributed by atoms with van der Waals surface area (Å²) in [4.78, 5) is 24.9. The molecular formula is C33H34Cl2N4OS. The third kappa shape index (κ3) is 8.25. The summed E-state index contributed by atoms with van der Waals surface area (Å²) >= 11 is 13.8. The second kappa shape index (κ2) is 14.7. The Morgan fingerprint density at radius 2 is 1.44 bits per heavy atom. The summed E-state index contributed by atoms with van der Waals surface area (Å²) in [6.07, 6.45) is 6.61. The van der Waals surface area contributed by atoms with Crippen LogP contribution in [0, 0.1) is 0 Å². The minimum Gasteiger partial charge on any atom is -0.355 e. The summed E-state index contributed by atoms with van der Waals surface area (Å²) < 4.78 is 2.97. The first-order chi connectivity index (χ1) is 20.1. The van der Waals surface area contributed by atoms with Crippen LogP contribution in [0.1, 0.15) is 49.8 Å². The van der Waals surface area contributed by atoms with Crippen molar-refractivity contribution in [2.75, 3.05) is 18.0 Å². The SMILES string of the molecule is O=C(CCCCCCN1CCCc2nc(-c3ccc(Cl)cc3)c(-c3ccc(Cl)cc3)nc21)NSCc1ccccc1. The molecule has 0 bridgehead atoms. The number of nitrogens with one attached hydrogen (secondary N) is 1. The Kier molecular flexibility index (Phi) is 10.6. The molecule has 1 N–H and O–H groups in total. The van der Waals surface area contributed by atoms with Crippen LogP contribution in [0.25, 0.3) is 22.5 Å². The van der Waals surface area contributed by atoms with Crippen LogP contribution in [0.5, 0.6) is 0 Å². The van der Waals surface area contributed by atoms with Gasteiger partial charge < -0.3 is 4.90 Å². The molecule has 0 atom stereocenters. The average molecular weight is 606 g/mol. The predicted octanol–water partition coefficient (Wildman–Crippen LogP) is 8.79. The minimum atomic E-state index is 0.109. The number of aromatic nitrogens is 2. The van der Waals surface area contributed by atoms with Gasteiger partial charge in [0.15, 0.2) is 5.82 Å². The number of benzene rings is 3. The molecule has 8 heteroatoms. The highest BCUT2D eigenvalue weighted by atomic mass is 35.5. The zero-order valence-corrected chi connectivity index (χ0v) is 25.3. The molecule has 41 heavy (non-hydrogen) atoms. The Morgan fingerprint density at radius 3 is 2.12 bits per heavy atom. The number of anilines is 1. The molecule has 0 spiro atoms. The van der Waals surface area contributed by atoms with E-state index >= 15 is 0 Å². The third-order valence-corrected chi connectivity index (χ3v) is 8.53. The van der Waals surface area contributed by atoms with Crippen molar-refractivity contribution >= 4 is 46.9 Å². The number of carbonyl (C=O) groups is 1. The zero-order chi connectivity index (χ0) is 28.4. The van der Waals surface area contributed by atoms with Gasteiger partial charge >= 0.3 is 0 Å².